The van der Waals surface area contributed by atoms with E-state index in [4.69, 9.17) is 10.5 Å². The van der Waals surface area contributed by atoms with Gasteiger partial charge in [0, 0.05) is 5.69 Å². The van der Waals surface area contributed by atoms with Gasteiger partial charge in [0.25, 0.3) is 0 Å². The number of methoxy groups -OCH3 is 1. The summed E-state index contributed by atoms with van der Waals surface area (Å²) < 4.78 is 5.08. The molecule has 1 rings (SSSR count). The first-order valence-corrected chi connectivity index (χ1v) is 5.13. The van der Waals surface area contributed by atoms with Crippen molar-refractivity contribution in [1.29, 1.82) is 0 Å². The Morgan fingerprint density at radius 3 is 2.62 bits per heavy atom. The van der Waals surface area contributed by atoms with Gasteiger partial charge in [-0.3, -0.25) is 4.79 Å². The van der Waals surface area contributed by atoms with Gasteiger partial charge in [-0.1, -0.05) is 6.92 Å². The van der Waals surface area contributed by atoms with E-state index in [1.807, 2.05) is 6.92 Å². The Labute approximate surface area is 95.0 Å². The van der Waals surface area contributed by atoms with Gasteiger partial charge in [0.2, 0.25) is 0 Å². The third kappa shape index (κ3) is 1.96. The molecule has 0 radical (unpaired) electrons. The third-order valence-electron chi connectivity index (χ3n) is 3.03. The van der Waals surface area contributed by atoms with Gasteiger partial charge in [0.05, 0.1) is 12.5 Å². The molecule has 4 nitrogen and oxygen atoms in total. The van der Waals surface area contributed by atoms with E-state index in [9.17, 15) is 9.90 Å². The summed E-state index contributed by atoms with van der Waals surface area (Å²) in [4.78, 5) is 11.3. The van der Waals surface area contributed by atoms with Crippen LogP contribution in [0.5, 0.6) is 5.75 Å². The molecule has 0 heterocycles. The first-order chi connectivity index (χ1) is 7.45. The fourth-order valence-corrected chi connectivity index (χ4v) is 1.60. The Morgan fingerprint density at radius 1 is 1.56 bits per heavy atom. The number of rotatable bonds is 4. The average molecular weight is 223 g/mol. The van der Waals surface area contributed by atoms with Gasteiger partial charge in [-0.25, -0.2) is 0 Å². The molecule has 0 aliphatic heterocycles. The molecule has 1 unspecified atom stereocenters. The Hall–Kier alpha value is -1.71. The van der Waals surface area contributed by atoms with Gasteiger partial charge in [0.15, 0.2) is 0 Å². The minimum absolute atomic E-state index is 0.472. The lowest BCUT2D eigenvalue weighted by molar-refractivity contribution is -0.143. The minimum atomic E-state index is -0.974. The molecule has 4 heteroatoms. The van der Waals surface area contributed by atoms with Crippen molar-refractivity contribution in [1.82, 2.24) is 0 Å². The van der Waals surface area contributed by atoms with Crippen molar-refractivity contribution in [3.05, 3.63) is 23.8 Å². The van der Waals surface area contributed by atoms with Crippen LogP contribution in [0.4, 0.5) is 5.69 Å². The van der Waals surface area contributed by atoms with Crippen LogP contribution in [0.1, 0.15) is 25.8 Å². The Bertz CT molecular complexity index is 403. The van der Waals surface area contributed by atoms with E-state index in [0.29, 0.717) is 23.4 Å². The van der Waals surface area contributed by atoms with Crippen LogP contribution < -0.4 is 10.5 Å². The summed E-state index contributed by atoms with van der Waals surface area (Å²) in [6.07, 6.45) is 0.472. The highest BCUT2D eigenvalue weighted by Gasteiger charge is 2.35. The number of carbonyl (C=O) groups is 1. The van der Waals surface area contributed by atoms with Gasteiger partial charge < -0.3 is 15.6 Å². The second kappa shape index (κ2) is 4.43. The van der Waals surface area contributed by atoms with Crippen molar-refractivity contribution in [2.45, 2.75) is 25.7 Å². The minimum Gasteiger partial charge on any atom is -0.497 e. The van der Waals surface area contributed by atoms with Gasteiger partial charge >= 0.3 is 5.97 Å². The number of carboxylic acid groups (broad SMARTS) is 1. The largest absolute Gasteiger partial charge is 0.497 e. The number of hydrogen-bond acceptors (Lipinski definition) is 3. The predicted molar refractivity (Wildman–Crippen MR) is 62.7 cm³/mol. The summed E-state index contributed by atoms with van der Waals surface area (Å²) in [5.41, 5.74) is 5.93. The number of nitrogens with two attached hydrogens (primary N) is 1. The Balaban J connectivity index is 3.34. The van der Waals surface area contributed by atoms with Crippen LogP contribution in [0.25, 0.3) is 0 Å². The molecule has 0 amide bonds. The molecule has 0 aliphatic rings. The van der Waals surface area contributed by atoms with E-state index < -0.39 is 11.4 Å². The predicted octanol–water partition coefficient (Wildman–Crippen LogP) is 2.03. The van der Waals surface area contributed by atoms with Crippen molar-refractivity contribution in [3.8, 4) is 5.75 Å². The SMILES string of the molecule is CCC(C)(C(=O)O)c1cc(OC)ccc1N. The van der Waals surface area contributed by atoms with E-state index in [0.717, 1.165) is 0 Å². The number of carboxylic acids is 1. The van der Waals surface area contributed by atoms with Crippen molar-refractivity contribution in [3.63, 3.8) is 0 Å². The van der Waals surface area contributed by atoms with Crippen molar-refractivity contribution >= 4 is 11.7 Å². The maximum atomic E-state index is 11.3. The lowest BCUT2D eigenvalue weighted by Crippen LogP contribution is -2.32. The number of ether oxygens (including phenoxy) is 1. The van der Waals surface area contributed by atoms with Crippen LogP contribution in [0.3, 0.4) is 0 Å². The van der Waals surface area contributed by atoms with E-state index >= 15 is 0 Å². The summed E-state index contributed by atoms with van der Waals surface area (Å²) in [5, 5.41) is 9.28. The third-order valence-corrected chi connectivity index (χ3v) is 3.03. The zero-order valence-electron chi connectivity index (χ0n) is 9.78. The molecule has 1 aromatic carbocycles. The first kappa shape index (κ1) is 12.4. The molecule has 0 fully saturated rings. The van der Waals surface area contributed by atoms with Gasteiger partial charge in [-0.15, -0.1) is 0 Å². The van der Waals surface area contributed by atoms with Crippen LogP contribution >= 0.6 is 0 Å². The second-order valence-electron chi connectivity index (χ2n) is 3.94. The molecule has 16 heavy (non-hydrogen) atoms. The number of benzene rings is 1. The van der Waals surface area contributed by atoms with Gasteiger partial charge in [-0.2, -0.15) is 0 Å². The van der Waals surface area contributed by atoms with Crippen LogP contribution in [0.15, 0.2) is 18.2 Å². The molecule has 88 valence electrons. The van der Waals surface area contributed by atoms with Crippen LogP contribution in [-0.4, -0.2) is 18.2 Å². The van der Waals surface area contributed by atoms with Crippen molar-refractivity contribution in [2.24, 2.45) is 0 Å². The number of nitrogen functional groups attached to an aromatic ring is 1. The molecule has 0 aromatic heterocycles. The Kier molecular flexibility index (Phi) is 3.42. The molecule has 1 aromatic rings. The molecule has 0 spiro atoms. The normalized spacial score (nSPS) is 14.2. The van der Waals surface area contributed by atoms with Crippen molar-refractivity contribution in [2.75, 3.05) is 12.8 Å². The molecular weight excluding hydrogens is 206 g/mol. The zero-order valence-corrected chi connectivity index (χ0v) is 9.78. The molecule has 1 atom stereocenters. The molecule has 0 saturated carbocycles. The Morgan fingerprint density at radius 2 is 2.19 bits per heavy atom. The fourth-order valence-electron chi connectivity index (χ4n) is 1.60. The summed E-state index contributed by atoms with van der Waals surface area (Å²) in [5.74, 6) is -0.264. The molecule has 0 bridgehead atoms. The standard InChI is InChI=1S/C12H17NO3/c1-4-12(2,11(14)15)9-7-8(16-3)5-6-10(9)13/h5-7H,4,13H2,1-3H3,(H,14,15). The quantitative estimate of drug-likeness (QED) is 0.766. The monoisotopic (exact) mass is 223 g/mol. The van der Waals surface area contributed by atoms with Gasteiger partial charge in [-0.05, 0) is 37.1 Å². The lowest BCUT2D eigenvalue weighted by atomic mass is 9.79. The average Bonchev–Trinajstić information content (AvgIpc) is 2.28. The number of anilines is 1. The van der Waals surface area contributed by atoms with E-state index in [1.54, 1.807) is 32.2 Å². The highest BCUT2D eigenvalue weighted by Crippen LogP contribution is 2.34. The summed E-state index contributed by atoms with van der Waals surface area (Å²) in [7, 11) is 1.54. The smallest absolute Gasteiger partial charge is 0.313 e. The van der Waals surface area contributed by atoms with Gasteiger partial charge in [0.1, 0.15) is 5.75 Å². The topological polar surface area (TPSA) is 72.5 Å². The first-order valence-electron chi connectivity index (χ1n) is 5.13. The fraction of sp³-hybridized carbons (Fsp3) is 0.417. The maximum Gasteiger partial charge on any atom is 0.313 e. The summed E-state index contributed by atoms with van der Waals surface area (Å²) in [6.45, 7) is 3.49. The lowest BCUT2D eigenvalue weighted by Gasteiger charge is -2.25. The zero-order chi connectivity index (χ0) is 12.3. The van der Waals surface area contributed by atoms with E-state index in [-0.39, 0.29) is 0 Å². The van der Waals surface area contributed by atoms with Crippen molar-refractivity contribution < 1.29 is 14.6 Å². The number of hydrogen-bond donors (Lipinski definition) is 2. The van der Waals surface area contributed by atoms with Crippen LogP contribution in [-0.2, 0) is 10.2 Å². The van der Waals surface area contributed by atoms with Crippen LogP contribution in [0.2, 0.25) is 0 Å². The van der Waals surface area contributed by atoms with Crippen LogP contribution in [0, 0.1) is 0 Å². The molecule has 0 saturated heterocycles. The highest BCUT2D eigenvalue weighted by molar-refractivity contribution is 5.83. The molecule has 3 N–H and O–H groups in total. The van der Waals surface area contributed by atoms with E-state index in [1.165, 1.54) is 0 Å². The maximum absolute atomic E-state index is 11.3. The highest BCUT2D eigenvalue weighted by atomic mass is 16.5. The second-order valence-corrected chi connectivity index (χ2v) is 3.94. The molecular formula is C12H17NO3. The summed E-state index contributed by atoms with van der Waals surface area (Å²) >= 11 is 0. The number of aliphatic carboxylic acids is 1. The van der Waals surface area contributed by atoms with E-state index in [2.05, 4.69) is 0 Å². The summed E-state index contributed by atoms with van der Waals surface area (Å²) in [6, 6.07) is 5.08. The molecule has 0 aliphatic carbocycles.